The average molecular weight is 389 g/mol. The third-order valence-electron chi connectivity index (χ3n) is 6.84. The lowest BCUT2D eigenvalue weighted by Crippen LogP contribution is -2.46. The Kier molecular flexibility index (Phi) is 6.01. The molecule has 3 fully saturated rings. The Labute approximate surface area is 168 Å². The maximum Gasteiger partial charge on any atom is 0.276 e. The monoisotopic (exact) mass is 388 g/mol. The van der Waals surface area contributed by atoms with E-state index >= 15 is 0 Å². The van der Waals surface area contributed by atoms with Gasteiger partial charge in [-0.3, -0.25) is 9.69 Å². The number of hydrogen-bond acceptors (Lipinski definition) is 5. The molecule has 2 saturated carbocycles. The topological polar surface area (TPSA) is 80.3 Å². The SMILES string of the molecule is CC(C)[C@@H]1CN(C(=O)c2cn(C3CCC(N)CC3)nn2)CCCN1CC1CC1. The zero-order chi connectivity index (χ0) is 19.7. The first-order chi connectivity index (χ1) is 13.5. The second-order valence-corrected chi connectivity index (χ2v) is 9.51. The molecule has 1 aliphatic heterocycles. The van der Waals surface area contributed by atoms with Crippen molar-refractivity contribution in [2.24, 2.45) is 17.6 Å². The highest BCUT2D eigenvalue weighted by atomic mass is 16.2. The van der Waals surface area contributed by atoms with E-state index in [1.54, 1.807) is 0 Å². The fourth-order valence-corrected chi connectivity index (χ4v) is 4.82. The van der Waals surface area contributed by atoms with Crippen molar-refractivity contribution in [3.05, 3.63) is 11.9 Å². The fraction of sp³-hybridized carbons (Fsp3) is 0.857. The first-order valence-electron chi connectivity index (χ1n) is 11.2. The summed E-state index contributed by atoms with van der Waals surface area (Å²) in [4.78, 5) is 17.8. The lowest BCUT2D eigenvalue weighted by Gasteiger charge is -2.34. The molecule has 1 amide bonds. The molecule has 2 heterocycles. The largest absolute Gasteiger partial charge is 0.336 e. The van der Waals surface area contributed by atoms with Crippen LogP contribution in [0.5, 0.6) is 0 Å². The van der Waals surface area contributed by atoms with E-state index in [0.29, 0.717) is 29.7 Å². The van der Waals surface area contributed by atoms with Crippen molar-refractivity contribution >= 4 is 5.91 Å². The number of aromatic nitrogens is 3. The predicted molar refractivity (Wildman–Crippen MR) is 109 cm³/mol. The minimum Gasteiger partial charge on any atom is -0.336 e. The lowest BCUT2D eigenvalue weighted by atomic mass is 9.92. The van der Waals surface area contributed by atoms with E-state index < -0.39 is 0 Å². The number of nitrogens with two attached hydrogens (primary N) is 1. The second kappa shape index (κ2) is 8.49. The highest BCUT2D eigenvalue weighted by Gasteiger charge is 2.34. The van der Waals surface area contributed by atoms with Gasteiger partial charge < -0.3 is 10.6 Å². The van der Waals surface area contributed by atoms with Crippen LogP contribution in [0, 0.1) is 11.8 Å². The summed E-state index contributed by atoms with van der Waals surface area (Å²) in [6.45, 7) is 8.47. The molecule has 1 saturated heterocycles. The van der Waals surface area contributed by atoms with Gasteiger partial charge in [-0.25, -0.2) is 4.68 Å². The second-order valence-electron chi connectivity index (χ2n) is 9.51. The van der Waals surface area contributed by atoms with Crippen LogP contribution in [-0.4, -0.2) is 69.0 Å². The molecule has 4 rings (SSSR count). The molecule has 0 spiro atoms. The summed E-state index contributed by atoms with van der Waals surface area (Å²) in [6, 6.07) is 1.07. The lowest BCUT2D eigenvalue weighted by molar-refractivity contribution is 0.0698. The maximum atomic E-state index is 13.2. The van der Waals surface area contributed by atoms with E-state index in [-0.39, 0.29) is 5.91 Å². The highest BCUT2D eigenvalue weighted by Crippen LogP contribution is 2.32. The third kappa shape index (κ3) is 4.57. The minimum absolute atomic E-state index is 0.0395. The van der Waals surface area contributed by atoms with Crippen LogP contribution < -0.4 is 5.73 Å². The van der Waals surface area contributed by atoms with Crippen molar-refractivity contribution in [1.82, 2.24) is 24.8 Å². The van der Waals surface area contributed by atoms with E-state index in [0.717, 1.165) is 57.7 Å². The summed E-state index contributed by atoms with van der Waals surface area (Å²) in [5.41, 5.74) is 6.51. The van der Waals surface area contributed by atoms with Crippen LogP contribution in [0.25, 0.3) is 0 Å². The van der Waals surface area contributed by atoms with Crippen molar-refractivity contribution in [3.63, 3.8) is 0 Å². The fourth-order valence-electron chi connectivity index (χ4n) is 4.82. The molecule has 156 valence electrons. The number of carbonyl (C=O) groups is 1. The molecule has 3 aliphatic rings. The van der Waals surface area contributed by atoms with E-state index in [2.05, 4.69) is 29.1 Å². The normalized spacial score (nSPS) is 29.9. The van der Waals surface area contributed by atoms with Crippen LogP contribution in [0.3, 0.4) is 0 Å². The first-order valence-corrected chi connectivity index (χ1v) is 11.2. The predicted octanol–water partition coefficient (Wildman–Crippen LogP) is 2.30. The van der Waals surface area contributed by atoms with Crippen molar-refractivity contribution in [1.29, 1.82) is 0 Å². The molecule has 7 heteroatoms. The van der Waals surface area contributed by atoms with Crippen molar-refractivity contribution < 1.29 is 4.79 Å². The third-order valence-corrected chi connectivity index (χ3v) is 6.84. The van der Waals surface area contributed by atoms with Gasteiger partial charge in [-0.1, -0.05) is 19.1 Å². The molecular formula is C21H36N6O. The van der Waals surface area contributed by atoms with Gasteiger partial charge in [0.25, 0.3) is 5.91 Å². The number of amides is 1. The molecule has 0 unspecified atom stereocenters. The summed E-state index contributed by atoms with van der Waals surface area (Å²) in [5, 5.41) is 8.53. The number of nitrogens with zero attached hydrogens (tertiary/aromatic N) is 5. The standard InChI is InChI=1S/C21H36N6O/c1-15(2)20-14-26(11-3-10-25(20)12-16-4-5-16)21(28)19-13-27(24-23-19)18-8-6-17(22)7-9-18/h13,15-18,20H,3-12,14,22H2,1-2H3/t17?,18?,20-/m0/s1. The van der Waals surface area contributed by atoms with Gasteiger partial charge in [0, 0.05) is 38.3 Å². The van der Waals surface area contributed by atoms with E-state index in [4.69, 9.17) is 5.73 Å². The molecule has 1 atom stereocenters. The number of rotatable bonds is 5. The van der Waals surface area contributed by atoms with Gasteiger partial charge in [0.15, 0.2) is 5.69 Å². The maximum absolute atomic E-state index is 13.2. The van der Waals surface area contributed by atoms with Crippen LogP contribution in [-0.2, 0) is 0 Å². The molecule has 0 aromatic carbocycles. The van der Waals surface area contributed by atoms with E-state index in [1.165, 1.54) is 19.4 Å². The van der Waals surface area contributed by atoms with Crippen LogP contribution in [0.4, 0.5) is 0 Å². The molecule has 0 radical (unpaired) electrons. The smallest absolute Gasteiger partial charge is 0.276 e. The molecule has 28 heavy (non-hydrogen) atoms. The summed E-state index contributed by atoms with van der Waals surface area (Å²) < 4.78 is 1.90. The average Bonchev–Trinajstić information content (AvgIpc) is 3.41. The Morgan fingerprint density at radius 2 is 1.93 bits per heavy atom. The highest BCUT2D eigenvalue weighted by molar-refractivity contribution is 5.92. The molecule has 2 N–H and O–H groups in total. The zero-order valence-electron chi connectivity index (χ0n) is 17.5. The Morgan fingerprint density at radius 3 is 2.61 bits per heavy atom. The molecule has 0 bridgehead atoms. The van der Waals surface area contributed by atoms with Gasteiger partial charge >= 0.3 is 0 Å². The molecule has 1 aromatic heterocycles. The first kappa shape index (κ1) is 19.8. The van der Waals surface area contributed by atoms with Gasteiger partial charge in [0.1, 0.15) is 0 Å². The quantitative estimate of drug-likeness (QED) is 0.837. The molecule has 2 aliphatic carbocycles. The summed E-state index contributed by atoms with van der Waals surface area (Å²) >= 11 is 0. The van der Waals surface area contributed by atoms with E-state index in [1.807, 2.05) is 15.8 Å². The zero-order valence-corrected chi connectivity index (χ0v) is 17.5. The van der Waals surface area contributed by atoms with Gasteiger partial charge in [0.2, 0.25) is 0 Å². The van der Waals surface area contributed by atoms with Gasteiger partial charge in [-0.05, 0) is 56.8 Å². The van der Waals surface area contributed by atoms with Gasteiger partial charge in [0.05, 0.1) is 12.2 Å². The Balaban J connectivity index is 1.42. The Morgan fingerprint density at radius 1 is 1.18 bits per heavy atom. The van der Waals surface area contributed by atoms with Gasteiger partial charge in [-0.2, -0.15) is 0 Å². The van der Waals surface area contributed by atoms with Crippen molar-refractivity contribution in [2.45, 2.75) is 76.9 Å². The van der Waals surface area contributed by atoms with Crippen LogP contribution >= 0.6 is 0 Å². The minimum atomic E-state index is 0.0395. The van der Waals surface area contributed by atoms with Crippen LogP contribution in [0.1, 0.15) is 75.3 Å². The summed E-state index contributed by atoms with van der Waals surface area (Å²) in [5.74, 6) is 1.46. The molecule has 7 nitrogen and oxygen atoms in total. The Bertz CT molecular complexity index is 662. The van der Waals surface area contributed by atoms with Crippen molar-refractivity contribution in [3.8, 4) is 0 Å². The summed E-state index contributed by atoms with van der Waals surface area (Å²) in [7, 11) is 0. The Hall–Kier alpha value is -1.47. The molecule has 1 aromatic rings. The van der Waals surface area contributed by atoms with Gasteiger partial charge in [-0.15, -0.1) is 5.10 Å². The van der Waals surface area contributed by atoms with E-state index in [9.17, 15) is 4.79 Å². The van der Waals surface area contributed by atoms with Crippen molar-refractivity contribution in [2.75, 3.05) is 26.2 Å². The number of carbonyl (C=O) groups excluding carboxylic acids is 1. The van der Waals surface area contributed by atoms with Crippen LogP contribution in [0.15, 0.2) is 6.20 Å². The summed E-state index contributed by atoms with van der Waals surface area (Å²) in [6.07, 6.45) is 9.73. The molecular weight excluding hydrogens is 352 g/mol. The number of hydrogen-bond donors (Lipinski definition) is 1. The van der Waals surface area contributed by atoms with Crippen LogP contribution in [0.2, 0.25) is 0 Å².